The smallest absolute Gasteiger partial charge is 0.337 e. The maximum Gasteiger partial charge on any atom is 0.337 e. The number of carbonyl (C=O) groups excluding carboxylic acids is 1. The number of benzene rings is 1. The highest BCUT2D eigenvalue weighted by Gasteiger charge is 2.17. The van der Waals surface area contributed by atoms with E-state index in [4.69, 9.17) is 5.11 Å². The Kier molecular flexibility index (Phi) is 4.57. The first-order chi connectivity index (χ1) is 8.85. The molecular weight excluding hydrogens is 258 g/mol. The molecule has 0 aliphatic carbocycles. The van der Waals surface area contributed by atoms with Crippen LogP contribution in [0.1, 0.15) is 17.3 Å². The van der Waals surface area contributed by atoms with Gasteiger partial charge in [0.15, 0.2) is 11.6 Å². The minimum Gasteiger partial charge on any atom is -0.478 e. The number of anilines is 1. The van der Waals surface area contributed by atoms with Gasteiger partial charge in [0.1, 0.15) is 0 Å². The van der Waals surface area contributed by atoms with Crippen molar-refractivity contribution in [1.82, 2.24) is 5.32 Å². The lowest BCUT2D eigenvalue weighted by molar-refractivity contribution is 0.0697. The number of hydrogen-bond donors (Lipinski definition) is 3. The Balaban J connectivity index is 2.99. The summed E-state index contributed by atoms with van der Waals surface area (Å²) in [7, 11) is 0. The molecular formula is C12H12F2N2O3. The van der Waals surface area contributed by atoms with Crippen molar-refractivity contribution in [3.05, 3.63) is 42.0 Å². The first kappa shape index (κ1) is 14.6. The predicted octanol–water partition coefficient (Wildman–Crippen LogP) is 2.36. The Bertz CT molecular complexity index is 532. The molecule has 1 rings (SSSR count). The molecule has 0 spiro atoms. The van der Waals surface area contributed by atoms with E-state index < -0.39 is 29.2 Å². The number of carboxylic acids is 1. The Hall–Kier alpha value is -2.44. The number of amides is 2. The maximum atomic E-state index is 13.0. The van der Waals surface area contributed by atoms with Gasteiger partial charge in [0, 0.05) is 12.1 Å². The molecule has 3 N–H and O–H groups in total. The van der Waals surface area contributed by atoms with Crippen LogP contribution in [0.25, 0.3) is 0 Å². The van der Waals surface area contributed by atoms with Gasteiger partial charge in [0.05, 0.1) is 11.3 Å². The van der Waals surface area contributed by atoms with Gasteiger partial charge in [-0.25, -0.2) is 18.4 Å². The fourth-order valence-electron chi connectivity index (χ4n) is 1.25. The third-order valence-corrected chi connectivity index (χ3v) is 2.25. The van der Waals surface area contributed by atoms with E-state index in [0.29, 0.717) is 12.1 Å². The molecule has 0 heterocycles. The van der Waals surface area contributed by atoms with Crippen LogP contribution < -0.4 is 10.6 Å². The van der Waals surface area contributed by atoms with E-state index in [1.807, 2.05) is 0 Å². The zero-order valence-corrected chi connectivity index (χ0v) is 10.0. The summed E-state index contributed by atoms with van der Waals surface area (Å²) in [4.78, 5) is 22.3. The molecule has 0 bridgehead atoms. The maximum absolute atomic E-state index is 13.0. The highest BCUT2D eigenvalue weighted by molar-refractivity contribution is 6.00. The van der Waals surface area contributed by atoms with Crippen molar-refractivity contribution >= 4 is 17.7 Å². The van der Waals surface area contributed by atoms with Crippen LogP contribution >= 0.6 is 0 Å². The van der Waals surface area contributed by atoms with Crippen LogP contribution in [0.5, 0.6) is 0 Å². The van der Waals surface area contributed by atoms with Crippen LogP contribution in [0.2, 0.25) is 0 Å². The van der Waals surface area contributed by atoms with Crippen LogP contribution in [0.3, 0.4) is 0 Å². The quantitative estimate of drug-likeness (QED) is 0.735. The van der Waals surface area contributed by atoms with Gasteiger partial charge in [-0.3, -0.25) is 0 Å². The molecule has 0 aliphatic rings. The fourth-order valence-corrected chi connectivity index (χ4v) is 1.25. The van der Waals surface area contributed by atoms with Gasteiger partial charge in [-0.2, -0.15) is 0 Å². The summed E-state index contributed by atoms with van der Waals surface area (Å²) in [5, 5.41) is 13.4. The number of urea groups is 1. The van der Waals surface area contributed by atoms with Crippen molar-refractivity contribution in [2.75, 3.05) is 5.32 Å². The molecule has 1 unspecified atom stereocenters. The molecule has 102 valence electrons. The summed E-state index contributed by atoms with van der Waals surface area (Å²) in [6.45, 7) is 5.08. The van der Waals surface area contributed by atoms with E-state index in [0.717, 1.165) is 0 Å². The molecule has 0 radical (unpaired) electrons. The molecule has 0 saturated carbocycles. The third kappa shape index (κ3) is 3.77. The van der Waals surface area contributed by atoms with Gasteiger partial charge in [0.25, 0.3) is 0 Å². The van der Waals surface area contributed by atoms with E-state index in [2.05, 4.69) is 17.2 Å². The third-order valence-electron chi connectivity index (χ3n) is 2.25. The van der Waals surface area contributed by atoms with Crippen LogP contribution in [-0.2, 0) is 0 Å². The molecule has 0 saturated heterocycles. The number of carboxylic acid groups (broad SMARTS) is 1. The number of nitrogens with one attached hydrogen (secondary N) is 2. The minimum atomic E-state index is -1.48. The van der Waals surface area contributed by atoms with Gasteiger partial charge >= 0.3 is 12.0 Å². The number of rotatable bonds is 4. The van der Waals surface area contributed by atoms with Gasteiger partial charge in [-0.1, -0.05) is 6.08 Å². The SMILES string of the molecule is C=CC(C)NC(=O)Nc1cc(F)c(F)cc1C(=O)O. The van der Waals surface area contributed by atoms with Gasteiger partial charge < -0.3 is 15.7 Å². The second kappa shape index (κ2) is 5.94. The Morgan fingerprint density at radius 1 is 1.37 bits per heavy atom. The molecule has 2 amide bonds. The monoisotopic (exact) mass is 270 g/mol. The lowest BCUT2D eigenvalue weighted by atomic mass is 10.1. The summed E-state index contributed by atoms with van der Waals surface area (Å²) < 4.78 is 26.0. The average Bonchev–Trinajstić information content (AvgIpc) is 2.32. The van der Waals surface area contributed by atoms with Crippen LogP contribution in [0.15, 0.2) is 24.8 Å². The van der Waals surface area contributed by atoms with Crippen molar-refractivity contribution in [2.24, 2.45) is 0 Å². The van der Waals surface area contributed by atoms with Crippen molar-refractivity contribution in [3.8, 4) is 0 Å². The van der Waals surface area contributed by atoms with Crippen molar-refractivity contribution in [2.45, 2.75) is 13.0 Å². The summed E-state index contributed by atoms with van der Waals surface area (Å²) in [6, 6.07) is 0.000664. The van der Waals surface area contributed by atoms with Gasteiger partial charge in [-0.05, 0) is 13.0 Å². The van der Waals surface area contributed by atoms with Crippen LogP contribution in [0.4, 0.5) is 19.3 Å². The molecule has 1 atom stereocenters. The number of aromatic carboxylic acids is 1. The molecule has 0 aliphatic heterocycles. The second-order valence-electron chi connectivity index (χ2n) is 3.74. The van der Waals surface area contributed by atoms with E-state index in [1.54, 1.807) is 6.92 Å². The topological polar surface area (TPSA) is 78.4 Å². The van der Waals surface area contributed by atoms with Gasteiger partial charge in [-0.15, -0.1) is 6.58 Å². The molecule has 5 nitrogen and oxygen atoms in total. The van der Waals surface area contributed by atoms with Crippen LogP contribution in [-0.4, -0.2) is 23.1 Å². The summed E-state index contributed by atoms with van der Waals surface area (Å²) in [5.74, 6) is -4.04. The minimum absolute atomic E-state index is 0.333. The summed E-state index contributed by atoms with van der Waals surface area (Å²) >= 11 is 0. The summed E-state index contributed by atoms with van der Waals surface area (Å²) in [5.41, 5.74) is -0.875. The molecule has 7 heteroatoms. The average molecular weight is 270 g/mol. The zero-order chi connectivity index (χ0) is 14.6. The first-order valence-electron chi connectivity index (χ1n) is 5.27. The Morgan fingerprint density at radius 3 is 2.47 bits per heavy atom. The van der Waals surface area contributed by atoms with E-state index >= 15 is 0 Å². The van der Waals surface area contributed by atoms with Crippen molar-refractivity contribution in [3.63, 3.8) is 0 Å². The number of carbonyl (C=O) groups is 2. The highest BCUT2D eigenvalue weighted by atomic mass is 19.2. The molecule has 19 heavy (non-hydrogen) atoms. The van der Waals surface area contributed by atoms with E-state index in [1.165, 1.54) is 6.08 Å². The largest absolute Gasteiger partial charge is 0.478 e. The first-order valence-corrected chi connectivity index (χ1v) is 5.27. The Morgan fingerprint density at radius 2 is 1.95 bits per heavy atom. The van der Waals surface area contributed by atoms with Crippen molar-refractivity contribution in [1.29, 1.82) is 0 Å². The van der Waals surface area contributed by atoms with Crippen molar-refractivity contribution < 1.29 is 23.5 Å². The molecule has 1 aromatic rings. The van der Waals surface area contributed by atoms with Crippen LogP contribution in [0, 0.1) is 11.6 Å². The second-order valence-corrected chi connectivity index (χ2v) is 3.74. The molecule has 0 aromatic heterocycles. The predicted molar refractivity (Wildman–Crippen MR) is 65.1 cm³/mol. The van der Waals surface area contributed by atoms with E-state index in [9.17, 15) is 18.4 Å². The number of hydrogen-bond acceptors (Lipinski definition) is 2. The normalized spacial score (nSPS) is 11.5. The lowest BCUT2D eigenvalue weighted by Gasteiger charge is -2.12. The lowest BCUT2D eigenvalue weighted by Crippen LogP contribution is -2.35. The highest BCUT2D eigenvalue weighted by Crippen LogP contribution is 2.20. The fraction of sp³-hybridized carbons (Fsp3) is 0.167. The summed E-state index contributed by atoms with van der Waals surface area (Å²) in [6.07, 6.45) is 1.45. The molecule has 1 aromatic carbocycles. The standard InChI is InChI=1S/C12H12F2N2O3/c1-3-6(2)15-12(19)16-10-5-9(14)8(13)4-7(10)11(17)18/h3-6H,1H2,2H3,(H,17,18)(H2,15,16,19). The molecule has 0 fully saturated rings. The van der Waals surface area contributed by atoms with Gasteiger partial charge in [0.2, 0.25) is 0 Å². The Labute approximate surface area is 107 Å². The zero-order valence-electron chi connectivity index (χ0n) is 10.0. The van der Waals surface area contributed by atoms with E-state index in [-0.39, 0.29) is 11.7 Å². The number of halogens is 2.